The Morgan fingerprint density at radius 1 is 1.04 bits per heavy atom. The van der Waals surface area contributed by atoms with E-state index < -0.39 is 34.3 Å². The first-order chi connectivity index (χ1) is 27.3. The molecule has 2 N–H and O–H groups in total. The van der Waals surface area contributed by atoms with Crippen molar-refractivity contribution in [1.29, 1.82) is 0 Å². The van der Waals surface area contributed by atoms with Gasteiger partial charge in [-0.15, -0.1) is 0 Å². The first-order valence-corrected chi connectivity index (χ1v) is 21.0. The fraction of sp³-hybridized carbons (Fsp3) is 0.565. The fourth-order valence-electron chi connectivity index (χ4n) is 12.4. The van der Waals surface area contributed by atoms with E-state index in [0.717, 1.165) is 31.3 Å². The van der Waals surface area contributed by atoms with Crippen molar-refractivity contribution in [1.82, 2.24) is 9.88 Å². The Bertz CT molecular complexity index is 2250. The molecule has 0 radical (unpaired) electrons. The SMILES string of the molecule is COc1c(N2CCNC(C)C2)c(F)cc2c(=O)cc(CC(=O)[C@]3(OC(=O)c4ccccc4)CC[C@@H]4[C@H]5CCC6=CC(=O)CC[C@@]6(C)C5[C@H](O)C[C@]43C)n(C3CC3)c12. The molecule has 302 valence electrons. The number of methoxy groups -OCH3 is 1. The average Bonchev–Trinajstić information content (AvgIpc) is 3.98. The Balaban J connectivity index is 1.15. The van der Waals surface area contributed by atoms with Crippen LogP contribution in [0.15, 0.2) is 58.9 Å². The maximum absolute atomic E-state index is 16.1. The molecule has 1 saturated heterocycles. The maximum atomic E-state index is 16.1. The average molecular weight is 780 g/mol. The predicted octanol–water partition coefficient (Wildman–Crippen LogP) is 6.49. The van der Waals surface area contributed by atoms with Gasteiger partial charge in [-0.1, -0.05) is 37.6 Å². The Morgan fingerprint density at radius 2 is 1.81 bits per heavy atom. The number of hydrogen-bond donors (Lipinski definition) is 2. The zero-order valence-electron chi connectivity index (χ0n) is 33.4. The number of aliphatic hydroxyl groups excluding tert-OH is 1. The number of nitrogens with zero attached hydrogens (tertiary/aromatic N) is 2. The molecule has 4 saturated carbocycles. The zero-order valence-corrected chi connectivity index (χ0v) is 33.4. The highest BCUT2D eigenvalue weighted by molar-refractivity contribution is 5.97. The second-order valence-electron chi connectivity index (χ2n) is 18.3. The number of rotatable bonds is 8. The number of hydrogen-bond acceptors (Lipinski definition) is 9. The molecule has 57 heavy (non-hydrogen) atoms. The van der Waals surface area contributed by atoms with E-state index in [1.165, 1.54) is 19.2 Å². The van der Waals surface area contributed by atoms with Gasteiger partial charge in [0.1, 0.15) is 5.69 Å². The molecule has 9 rings (SSSR count). The molecule has 2 unspecified atom stereocenters. The normalized spacial score (nSPS) is 33.6. The highest BCUT2D eigenvalue weighted by Crippen LogP contribution is 2.68. The number of nitrogens with one attached hydrogen (secondary N) is 1. The summed E-state index contributed by atoms with van der Waals surface area (Å²) >= 11 is 0. The van der Waals surface area contributed by atoms with Crippen LogP contribution in [0.1, 0.15) is 101 Å². The number of Topliss-reactive ketones (excluding diaryl/α,β-unsaturated/α-hetero) is 1. The van der Waals surface area contributed by atoms with Gasteiger partial charge in [0.25, 0.3) is 0 Å². The first-order valence-electron chi connectivity index (χ1n) is 21.0. The predicted molar refractivity (Wildman–Crippen MR) is 214 cm³/mol. The fourth-order valence-corrected chi connectivity index (χ4v) is 12.4. The number of carbonyl (C=O) groups is 3. The van der Waals surface area contributed by atoms with E-state index in [1.54, 1.807) is 24.3 Å². The van der Waals surface area contributed by atoms with E-state index in [9.17, 15) is 19.5 Å². The number of piperazine rings is 1. The monoisotopic (exact) mass is 779 g/mol. The highest BCUT2D eigenvalue weighted by atomic mass is 19.1. The molecular formula is C46H54FN3O7. The van der Waals surface area contributed by atoms with Gasteiger partial charge in [0.2, 0.25) is 0 Å². The molecular weight excluding hydrogens is 726 g/mol. The lowest BCUT2D eigenvalue weighted by atomic mass is 9.45. The number of anilines is 1. The molecule has 2 heterocycles. The molecule has 0 spiro atoms. The Hall–Kier alpha value is -4.35. The van der Waals surface area contributed by atoms with Crippen LogP contribution in [0, 0.1) is 34.4 Å². The highest BCUT2D eigenvalue weighted by Gasteiger charge is 2.70. The number of ether oxygens (including phenoxy) is 2. The lowest BCUT2D eigenvalue weighted by Gasteiger charge is -2.60. The van der Waals surface area contributed by atoms with E-state index in [-0.39, 0.29) is 70.8 Å². The number of ketones is 2. The quantitative estimate of drug-likeness (QED) is 0.247. The number of esters is 1. The Morgan fingerprint density at radius 3 is 2.53 bits per heavy atom. The number of halogens is 1. The Kier molecular flexibility index (Phi) is 9.31. The number of allylic oxidation sites excluding steroid dienone is 1. The van der Waals surface area contributed by atoms with E-state index in [1.807, 2.05) is 35.5 Å². The summed E-state index contributed by atoms with van der Waals surface area (Å²) in [6.07, 6.45) is 6.36. The minimum Gasteiger partial charge on any atom is -0.492 e. The molecule has 6 aliphatic rings. The van der Waals surface area contributed by atoms with E-state index >= 15 is 9.18 Å². The summed E-state index contributed by atoms with van der Waals surface area (Å²) in [4.78, 5) is 58.2. The van der Waals surface area contributed by atoms with Crippen molar-refractivity contribution in [2.24, 2.45) is 28.6 Å². The van der Waals surface area contributed by atoms with Crippen molar-refractivity contribution in [2.45, 2.75) is 109 Å². The summed E-state index contributed by atoms with van der Waals surface area (Å²) < 4.78 is 30.8. The standard InChI is InChI=1S/C46H54FN3O7/c1-26-25-49(19-18-48-26)41-35(47)23-33-36(52)21-30(50(29-11-12-29)40(33)42(41)56-4)22-38(54)46(57-43(55)27-8-6-5-7-9-27)17-15-34-32-13-10-28-20-31(51)14-16-44(28,2)39(32)37(53)24-45(34,46)3/h5-9,20-21,23,26,29,32,34,37,39,48,53H,10-19,22,24-25H2,1-4H3/t26?,32-,34-,37-,39?,44-,45-,46-/m1/s1. The van der Waals surface area contributed by atoms with Crippen LogP contribution in [0.3, 0.4) is 0 Å². The third-order valence-electron chi connectivity index (χ3n) is 15.2. The summed E-state index contributed by atoms with van der Waals surface area (Å²) in [5.74, 6) is -1.05. The molecule has 1 aliphatic heterocycles. The smallest absolute Gasteiger partial charge is 0.339 e. The number of fused-ring (bicyclic) bond motifs is 6. The molecule has 10 nitrogen and oxygen atoms in total. The number of pyridine rings is 1. The van der Waals surface area contributed by atoms with Crippen molar-refractivity contribution in [3.8, 4) is 5.75 Å². The van der Waals surface area contributed by atoms with Gasteiger partial charge in [0.05, 0.1) is 36.1 Å². The number of carbonyl (C=O) groups excluding carboxylic acids is 3. The van der Waals surface area contributed by atoms with Gasteiger partial charge >= 0.3 is 5.97 Å². The van der Waals surface area contributed by atoms with E-state index in [2.05, 4.69) is 12.2 Å². The summed E-state index contributed by atoms with van der Waals surface area (Å²) in [7, 11) is 1.50. The number of benzene rings is 2. The second kappa shape index (κ2) is 13.9. The minimum absolute atomic E-state index is 0.0235. The summed E-state index contributed by atoms with van der Waals surface area (Å²) in [6.45, 7) is 8.06. The van der Waals surface area contributed by atoms with Gasteiger partial charge in [-0.3, -0.25) is 14.4 Å². The van der Waals surface area contributed by atoms with Crippen LogP contribution in [-0.2, 0) is 20.7 Å². The largest absolute Gasteiger partial charge is 0.492 e. The van der Waals surface area contributed by atoms with Crippen LogP contribution in [0.4, 0.5) is 10.1 Å². The second-order valence-corrected chi connectivity index (χ2v) is 18.3. The van der Waals surface area contributed by atoms with Crippen LogP contribution in [-0.4, -0.2) is 71.7 Å². The molecule has 8 atom stereocenters. The summed E-state index contributed by atoms with van der Waals surface area (Å²) in [5, 5.41) is 15.9. The maximum Gasteiger partial charge on any atom is 0.339 e. The first kappa shape index (κ1) is 38.2. The van der Waals surface area contributed by atoms with Gasteiger partial charge in [-0.25, -0.2) is 9.18 Å². The molecule has 5 fully saturated rings. The lowest BCUT2D eigenvalue weighted by molar-refractivity contribution is -0.181. The minimum atomic E-state index is -1.59. The van der Waals surface area contributed by atoms with E-state index in [0.29, 0.717) is 67.8 Å². The summed E-state index contributed by atoms with van der Waals surface area (Å²) in [5.41, 5.74) is -0.512. The third-order valence-corrected chi connectivity index (χ3v) is 15.2. The molecule has 1 aromatic heterocycles. The van der Waals surface area contributed by atoms with Crippen molar-refractivity contribution in [3.05, 3.63) is 81.4 Å². The molecule has 2 aromatic carbocycles. The zero-order chi connectivity index (χ0) is 40.0. The van der Waals surface area contributed by atoms with Crippen molar-refractivity contribution >= 4 is 34.1 Å². The Labute approximate surface area is 332 Å². The van der Waals surface area contributed by atoms with Crippen molar-refractivity contribution < 1.29 is 33.4 Å². The third kappa shape index (κ3) is 5.92. The van der Waals surface area contributed by atoms with Crippen LogP contribution in [0.5, 0.6) is 5.75 Å². The van der Waals surface area contributed by atoms with Crippen molar-refractivity contribution in [2.75, 3.05) is 31.6 Å². The molecule has 5 aliphatic carbocycles. The number of aliphatic hydroxyl groups is 1. The molecule has 0 bridgehead atoms. The van der Waals surface area contributed by atoms with Crippen molar-refractivity contribution in [3.63, 3.8) is 0 Å². The molecule has 0 amide bonds. The lowest BCUT2D eigenvalue weighted by Crippen LogP contribution is -2.63. The van der Waals surface area contributed by atoms with Crippen LogP contribution >= 0.6 is 0 Å². The molecule has 11 heteroatoms. The molecule has 3 aromatic rings. The van der Waals surface area contributed by atoms with E-state index in [4.69, 9.17) is 9.47 Å². The van der Waals surface area contributed by atoms with Crippen LogP contribution in [0.25, 0.3) is 10.9 Å². The van der Waals surface area contributed by atoms with Gasteiger partial charge in [0, 0.05) is 55.3 Å². The van der Waals surface area contributed by atoms with Crippen LogP contribution < -0.4 is 20.4 Å². The topological polar surface area (TPSA) is 127 Å². The number of aromatic nitrogens is 1. The van der Waals surface area contributed by atoms with Gasteiger partial charge < -0.3 is 29.4 Å². The van der Waals surface area contributed by atoms with Gasteiger partial charge in [0.15, 0.2) is 34.2 Å². The summed E-state index contributed by atoms with van der Waals surface area (Å²) in [6, 6.07) is 11.6. The van der Waals surface area contributed by atoms with Gasteiger partial charge in [-0.05, 0) is 106 Å². The van der Waals surface area contributed by atoms with Gasteiger partial charge in [-0.2, -0.15) is 0 Å². The van der Waals surface area contributed by atoms with Crippen LogP contribution in [0.2, 0.25) is 0 Å².